The van der Waals surface area contributed by atoms with Gasteiger partial charge in [-0.05, 0) is 49.4 Å². The van der Waals surface area contributed by atoms with Gasteiger partial charge >= 0.3 is 112 Å². The molecule has 1 saturated carbocycles. The molecule has 2 aliphatic rings. The molecule has 2 fully saturated rings. The predicted octanol–water partition coefficient (Wildman–Crippen LogP) is 11.2. The van der Waals surface area contributed by atoms with Crippen molar-refractivity contribution in [2.24, 2.45) is 11.3 Å². The summed E-state index contributed by atoms with van der Waals surface area (Å²) < 4.78 is 7.17. The van der Waals surface area contributed by atoms with E-state index in [9.17, 15) is 10.1 Å². The maximum atomic E-state index is 10.7. The van der Waals surface area contributed by atoms with Gasteiger partial charge in [0.05, 0.1) is 0 Å². The summed E-state index contributed by atoms with van der Waals surface area (Å²) in [5, 5.41) is 10.7. The Hall–Kier alpha value is -1.33. The standard InChI is InChI=1S/C14H26N.C12H18.C10H11NO3.2ClH.Ru/c1-13(2)10-14(3,11-15(13)4)12-8-6-5-7-9-12;1-9(2)11-6-5-7-12(8-11)10(3)4;1-7(2)14-10-5-4-9(11(12)13)6-8(10)3;;;/h11-12H,5-10H2,1-4H3;5-10H,1-4H3;3-7H,1-2H3;2*1H;/q-1;;;;;+2/p-2. The van der Waals surface area contributed by atoms with Gasteiger partial charge in [0.2, 0.25) is 0 Å². The van der Waals surface area contributed by atoms with Crippen LogP contribution in [0.3, 0.4) is 0 Å². The van der Waals surface area contributed by atoms with Crippen LogP contribution in [0.25, 0.3) is 0 Å². The zero-order valence-corrected chi connectivity index (χ0v) is 31.7. The zero-order chi connectivity index (χ0) is 33.2. The molecule has 1 unspecified atom stereocenters. The summed E-state index contributed by atoms with van der Waals surface area (Å²) in [4.78, 5) is 12.7. The van der Waals surface area contributed by atoms with E-state index in [2.05, 4.69) is 91.2 Å². The monoisotopic (exact) mass is 735 g/mol. The molecule has 0 N–H and O–H groups in total. The third-order valence-corrected chi connectivity index (χ3v) is 10.6. The number of halogens is 2. The van der Waals surface area contributed by atoms with Crippen molar-refractivity contribution in [1.82, 2.24) is 4.90 Å². The Morgan fingerprint density at radius 1 is 0.977 bits per heavy atom. The summed E-state index contributed by atoms with van der Waals surface area (Å²) in [5.74, 6) is 2.79. The van der Waals surface area contributed by atoms with Gasteiger partial charge in [0.15, 0.2) is 0 Å². The van der Waals surface area contributed by atoms with E-state index in [1.54, 1.807) is 10.7 Å². The fraction of sp³-hybridized carbons (Fsp3) is 0.611. The first-order chi connectivity index (χ1) is 20.4. The molecule has 1 saturated heterocycles. The maximum absolute atomic E-state index is 10.7. The molecule has 8 heteroatoms. The van der Waals surface area contributed by atoms with E-state index in [1.807, 2.05) is 13.8 Å². The van der Waals surface area contributed by atoms with Crippen LogP contribution in [0, 0.1) is 28.0 Å². The second kappa shape index (κ2) is 17.6. The fourth-order valence-corrected chi connectivity index (χ4v) is 7.97. The van der Waals surface area contributed by atoms with Crippen LogP contribution in [0.15, 0.2) is 42.5 Å². The molecule has 0 spiro atoms. The molecular formula is C36H55Cl2N2O3Ru-. The minimum atomic E-state index is -2.05. The van der Waals surface area contributed by atoms with Crippen LogP contribution in [-0.2, 0) is 13.5 Å². The molecular weight excluding hydrogens is 680 g/mol. The molecule has 0 bridgehead atoms. The van der Waals surface area contributed by atoms with E-state index in [1.165, 1.54) is 61.8 Å². The average Bonchev–Trinajstić information content (AvgIpc) is 3.16. The maximum Gasteiger partial charge on any atom is -0.0144 e. The first-order valence-corrected chi connectivity index (χ1v) is 21.4. The molecule has 1 aliphatic heterocycles. The molecule has 1 heterocycles. The van der Waals surface area contributed by atoms with Crippen LogP contribution in [-0.4, -0.2) is 33.1 Å². The molecule has 5 nitrogen and oxygen atoms in total. The quantitative estimate of drug-likeness (QED) is 0.123. The Morgan fingerprint density at radius 2 is 1.55 bits per heavy atom. The molecule has 0 amide bonds. The minimum Gasteiger partial charge on any atom is -0.454 e. The van der Waals surface area contributed by atoms with Crippen molar-refractivity contribution in [3.63, 3.8) is 0 Å². The zero-order valence-electron chi connectivity index (χ0n) is 28.5. The Morgan fingerprint density at radius 3 is 1.98 bits per heavy atom. The topological polar surface area (TPSA) is 55.6 Å². The summed E-state index contributed by atoms with van der Waals surface area (Å²) in [6.07, 6.45) is 8.60. The van der Waals surface area contributed by atoms with Gasteiger partial charge in [0.25, 0.3) is 0 Å². The van der Waals surface area contributed by atoms with E-state index in [-0.39, 0.29) is 11.8 Å². The third-order valence-electron chi connectivity index (χ3n) is 8.79. The number of benzene rings is 2. The second-order valence-corrected chi connectivity index (χ2v) is 19.7. The second-order valence-electron chi connectivity index (χ2n) is 14.0. The number of nitrogens with zero attached hydrogens (tertiary/aromatic N) is 2. The van der Waals surface area contributed by atoms with Crippen molar-refractivity contribution < 1.29 is 23.2 Å². The summed E-state index contributed by atoms with van der Waals surface area (Å²) in [5.41, 5.74) is 4.31. The van der Waals surface area contributed by atoms with Crippen molar-refractivity contribution in [3.8, 4) is 5.75 Å². The van der Waals surface area contributed by atoms with Crippen LogP contribution in [0.4, 0.5) is 5.69 Å². The number of ether oxygens (including phenoxy) is 1. The summed E-state index contributed by atoms with van der Waals surface area (Å²) in [6, 6.07) is 13.3. The van der Waals surface area contributed by atoms with Crippen LogP contribution in [0.2, 0.25) is 0 Å². The molecule has 1 atom stereocenters. The molecule has 0 aromatic heterocycles. The number of hydrogen-bond donors (Lipinski definition) is 0. The van der Waals surface area contributed by atoms with Gasteiger partial charge in [0, 0.05) is 0 Å². The molecule has 250 valence electrons. The van der Waals surface area contributed by atoms with Gasteiger partial charge in [0.1, 0.15) is 0 Å². The minimum absolute atomic E-state index is 0.00360. The normalized spacial score (nSPS) is 20.5. The third kappa shape index (κ3) is 12.1. The Kier molecular flexibility index (Phi) is 15.5. The van der Waals surface area contributed by atoms with Crippen molar-refractivity contribution in [2.45, 2.75) is 124 Å². The van der Waals surface area contributed by atoms with E-state index in [0.29, 0.717) is 34.1 Å². The summed E-state index contributed by atoms with van der Waals surface area (Å²) >= 11 is -2.05. The van der Waals surface area contributed by atoms with E-state index in [4.69, 9.17) is 24.1 Å². The van der Waals surface area contributed by atoms with Gasteiger partial charge in [-0.1, -0.05) is 103 Å². The number of likely N-dealkylation sites (tertiary alicyclic amines) is 1. The smallest absolute Gasteiger partial charge is 0.0144 e. The Balaban J connectivity index is 0.000000233. The first kappa shape index (κ1) is 38.9. The van der Waals surface area contributed by atoms with Gasteiger partial charge < -0.3 is 4.90 Å². The average molecular weight is 736 g/mol. The molecule has 44 heavy (non-hydrogen) atoms. The van der Waals surface area contributed by atoms with E-state index in [0.717, 1.165) is 5.92 Å². The van der Waals surface area contributed by atoms with Crippen LogP contribution in [0.1, 0.15) is 129 Å². The van der Waals surface area contributed by atoms with Gasteiger partial charge in [-0.3, -0.25) is 6.54 Å². The SMILES string of the molecule is CC(C)Oc1ccc([N+](=O)[O-])cc1[CH]=[Ru]([Cl])[Cl].CC(C)c1cccc(C(C)C)c1.CN1[CH-]C(C)(C2CCCCC2)CC1(C)C. The van der Waals surface area contributed by atoms with Gasteiger partial charge in [-0.15, -0.1) is 5.41 Å². The van der Waals surface area contributed by atoms with Crippen LogP contribution < -0.4 is 4.74 Å². The Bertz CT molecular complexity index is 1210. The number of nitro benzene ring substituents is 1. The Labute approximate surface area is 280 Å². The van der Waals surface area contributed by atoms with E-state index >= 15 is 0 Å². The number of rotatable bonds is 7. The fourth-order valence-electron chi connectivity index (χ4n) is 6.18. The van der Waals surface area contributed by atoms with Crippen molar-refractivity contribution in [2.75, 3.05) is 7.05 Å². The van der Waals surface area contributed by atoms with Crippen LogP contribution in [0.5, 0.6) is 5.75 Å². The van der Waals surface area contributed by atoms with Crippen molar-refractivity contribution in [1.29, 1.82) is 0 Å². The number of non-ortho nitro benzene ring substituents is 1. The van der Waals surface area contributed by atoms with Gasteiger partial charge in [-0.2, -0.15) is 0 Å². The number of nitro groups is 1. The van der Waals surface area contributed by atoms with Crippen molar-refractivity contribution in [3.05, 3.63) is 75.8 Å². The first-order valence-electron chi connectivity index (χ1n) is 15.9. The van der Waals surface area contributed by atoms with Crippen molar-refractivity contribution >= 4 is 29.7 Å². The molecule has 4 rings (SSSR count). The molecule has 1 aliphatic carbocycles. The summed E-state index contributed by atoms with van der Waals surface area (Å²) in [6.45, 7) is 22.4. The van der Waals surface area contributed by atoms with E-state index < -0.39 is 18.4 Å². The predicted molar refractivity (Wildman–Crippen MR) is 186 cm³/mol. The summed E-state index contributed by atoms with van der Waals surface area (Å²) in [7, 11) is 13.8. The van der Waals surface area contributed by atoms with Gasteiger partial charge in [-0.25, -0.2) is 0 Å². The largest absolute Gasteiger partial charge is 0.454 e. The van der Waals surface area contributed by atoms with Crippen LogP contribution >= 0.6 is 19.4 Å². The molecule has 0 radical (unpaired) electrons. The number of hydrogen-bond acceptors (Lipinski definition) is 4. The molecule has 2 aromatic rings. The molecule has 2 aromatic carbocycles.